The Bertz CT molecular complexity index is 393. The van der Waals surface area contributed by atoms with E-state index in [1.54, 1.807) is 6.07 Å². The quantitative estimate of drug-likeness (QED) is 0.830. The number of hydrogen-bond acceptors (Lipinski definition) is 1. The van der Waals surface area contributed by atoms with Gasteiger partial charge in [0, 0.05) is 17.1 Å². The Balaban J connectivity index is 2.67. The third kappa shape index (κ3) is 4.23. The maximum absolute atomic E-state index is 11.7. The molecule has 16 heavy (non-hydrogen) atoms. The molecule has 3 heteroatoms. The number of nitrogens with one attached hydrogen (secondary N) is 1. The standard InChI is InChI=1S/C13H18ClNO/c1-9-5-6-10(7-11(9)14)15-12(16)8-13(2,3)4/h5-7H,8H2,1-4H3,(H,15,16). The van der Waals surface area contributed by atoms with Gasteiger partial charge >= 0.3 is 0 Å². The fourth-order valence-corrected chi connectivity index (χ4v) is 1.54. The number of aryl methyl sites for hydroxylation is 1. The molecule has 0 aliphatic rings. The van der Waals surface area contributed by atoms with Crippen molar-refractivity contribution in [3.63, 3.8) is 0 Å². The first-order valence-corrected chi connectivity index (χ1v) is 5.72. The van der Waals surface area contributed by atoms with E-state index >= 15 is 0 Å². The van der Waals surface area contributed by atoms with Gasteiger partial charge in [-0.2, -0.15) is 0 Å². The van der Waals surface area contributed by atoms with E-state index < -0.39 is 0 Å². The number of rotatable bonds is 2. The van der Waals surface area contributed by atoms with Crippen LogP contribution in [-0.2, 0) is 4.79 Å². The Morgan fingerprint density at radius 2 is 2.00 bits per heavy atom. The number of anilines is 1. The number of benzene rings is 1. The average molecular weight is 240 g/mol. The maximum atomic E-state index is 11.7. The van der Waals surface area contributed by atoms with E-state index in [-0.39, 0.29) is 11.3 Å². The number of amides is 1. The summed E-state index contributed by atoms with van der Waals surface area (Å²) < 4.78 is 0. The van der Waals surface area contributed by atoms with E-state index in [1.165, 1.54) is 0 Å². The zero-order valence-corrected chi connectivity index (χ0v) is 11.0. The molecule has 0 bridgehead atoms. The van der Waals surface area contributed by atoms with Crippen molar-refractivity contribution >= 4 is 23.2 Å². The van der Waals surface area contributed by atoms with Gasteiger partial charge in [-0.1, -0.05) is 38.4 Å². The monoisotopic (exact) mass is 239 g/mol. The molecule has 88 valence electrons. The minimum atomic E-state index is -0.00141. The van der Waals surface area contributed by atoms with Crippen LogP contribution in [0.3, 0.4) is 0 Å². The van der Waals surface area contributed by atoms with Crippen molar-refractivity contribution in [1.29, 1.82) is 0 Å². The summed E-state index contributed by atoms with van der Waals surface area (Å²) in [4.78, 5) is 11.7. The van der Waals surface area contributed by atoms with Crippen molar-refractivity contribution in [3.8, 4) is 0 Å². The van der Waals surface area contributed by atoms with Crippen LogP contribution in [-0.4, -0.2) is 5.91 Å². The van der Waals surface area contributed by atoms with Crippen LogP contribution >= 0.6 is 11.6 Å². The topological polar surface area (TPSA) is 29.1 Å². The summed E-state index contributed by atoms with van der Waals surface area (Å²) in [5.41, 5.74) is 1.76. The summed E-state index contributed by atoms with van der Waals surface area (Å²) >= 11 is 5.98. The van der Waals surface area contributed by atoms with Gasteiger partial charge in [-0.25, -0.2) is 0 Å². The highest BCUT2D eigenvalue weighted by atomic mass is 35.5. The number of halogens is 1. The summed E-state index contributed by atoms with van der Waals surface area (Å²) in [6.07, 6.45) is 0.499. The van der Waals surface area contributed by atoms with Crippen LogP contribution in [0.25, 0.3) is 0 Å². The smallest absolute Gasteiger partial charge is 0.224 e. The van der Waals surface area contributed by atoms with E-state index in [4.69, 9.17) is 11.6 Å². The molecule has 1 rings (SSSR count). The maximum Gasteiger partial charge on any atom is 0.224 e. The van der Waals surface area contributed by atoms with Crippen molar-refractivity contribution in [2.24, 2.45) is 5.41 Å². The van der Waals surface area contributed by atoms with Gasteiger partial charge in [-0.05, 0) is 30.0 Å². The summed E-state index contributed by atoms with van der Waals surface area (Å²) in [7, 11) is 0. The Morgan fingerprint density at radius 1 is 1.38 bits per heavy atom. The SMILES string of the molecule is Cc1ccc(NC(=O)CC(C)(C)C)cc1Cl. The Morgan fingerprint density at radius 3 is 2.50 bits per heavy atom. The molecule has 0 saturated heterocycles. The van der Waals surface area contributed by atoms with Crippen LogP contribution in [0.4, 0.5) is 5.69 Å². The van der Waals surface area contributed by atoms with E-state index in [9.17, 15) is 4.79 Å². The zero-order valence-electron chi connectivity index (χ0n) is 10.2. The second-order valence-electron chi connectivity index (χ2n) is 5.25. The van der Waals surface area contributed by atoms with Gasteiger partial charge in [0.2, 0.25) is 5.91 Å². The largest absolute Gasteiger partial charge is 0.326 e. The first-order valence-electron chi connectivity index (χ1n) is 5.34. The van der Waals surface area contributed by atoms with Gasteiger partial charge in [0.15, 0.2) is 0 Å². The zero-order chi connectivity index (χ0) is 12.3. The molecule has 1 aromatic rings. The minimum absolute atomic E-state index is 0.00141. The Kier molecular flexibility index (Phi) is 3.98. The van der Waals surface area contributed by atoms with Crippen molar-refractivity contribution in [2.45, 2.75) is 34.1 Å². The molecule has 0 atom stereocenters. The molecular weight excluding hydrogens is 222 g/mol. The molecule has 0 aromatic heterocycles. The minimum Gasteiger partial charge on any atom is -0.326 e. The third-order valence-corrected chi connectivity index (χ3v) is 2.55. The number of hydrogen-bond donors (Lipinski definition) is 1. The lowest BCUT2D eigenvalue weighted by molar-refractivity contribution is -0.117. The molecular formula is C13H18ClNO. The Hall–Kier alpha value is -1.02. The molecule has 0 aliphatic heterocycles. The highest BCUT2D eigenvalue weighted by Gasteiger charge is 2.15. The van der Waals surface area contributed by atoms with Crippen molar-refractivity contribution in [2.75, 3.05) is 5.32 Å². The van der Waals surface area contributed by atoms with E-state index in [2.05, 4.69) is 5.32 Å². The van der Waals surface area contributed by atoms with Crippen LogP contribution in [0, 0.1) is 12.3 Å². The molecule has 0 spiro atoms. The number of carbonyl (C=O) groups is 1. The third-order valence-electron chi connectivity index (χ3n) is 2.15. The predicted octanol–water partition coefficient (Wildman–Crippen LogP) is 4.02. The van der Waals surface area contributed by atoms with Crippen LogP contribution in [0.15, 0.2) is 18.2 Å². The average Bonchev–Trinajstić information content (AvgIpc) is 2.08. The van der Waals surface area contributed by atoms with Gasteiger partial charge in [0.25, 0.3) is 0 Å². The highest BCUT2D eigenvalue weighted by Crippen LogP contribution is 2.22. The molecule has 0 aliphatic carbocycles. The summed E-state index contributed by atoms with van der Waals surface area (Å²) in [5, 5.41) is 3.52. The molecule has 1 amide bonds. The lowest BCUT2D eigenvalue weighted by Crippen LogP contribution is -2.19. The lowest BCUT2D eigenvalue weighted by atomic mass is 9.92. The fourth-order valence-electron chi connectivity index (χ4n) is 1.36. The van der Waals surface area contributed by atoms with Gasteiger partial charge in [-0.15, -0.1) is 0 Å². The summed E-state index contributed by atoms with van der Waals surface area (Å²) in [6, 6.07) is 5.54. The van der Waals surface area contributed by atoms with E-state index in [0.717, 1.165) is 11.3 Å². The summed E-state index contributed by atoms with van der Waals surface area (Å²) in [5.74, 6) is 0.0208. The highest BCUT2D eigenvalue weighted by molar-refractivity contribution is 6.31. The molecule has 0 unspecified atom stereocenters. The van der Waals surface area contributed by atoms with Gasteiger partial charge in [-0.3, -0.25) is 4.79 Å². The van der Waals surface area contributed by atoms with E-state index in [1.807, 2.05) is 39.8 Å². The second kappa shape index (κ2) is 4.88. The van der Waals surface area contributed by atoms with Crippen LogP contribution in [0.1, 0.15) is 32.8 Å². The van der Waals surface area contributed by atoms with Crippen LogP contribution in [0.5, 0.6) is 0 Å². The molecule has 0 saturated carbocycles. The molecule has 2 nitrogen and oxygen atoms in total. The Labute approximate surface area is 102 Å². The molecule has 0 radical (unpaired) electrons. The van der Waals surface area contributed by atoms with Gasteiger partial charge < -0.3 is 5.32 Å². The molecule has 0 fully saturated rings. The molecule has 1 aromatic carbocycles. The van der Waals surface area contributed by atoms with Gasteiger partial charge in [0.05, 0.1) is 0 Å². The predicted molar refractivity (Wildman–Crippen MR) is 68.9 cm³/mol. The second-order valence-corrected chi connectivity index (χ2v) is 5.66. The lowest BCUT2D eigenvalue weighted by Gasteiger charge is -2.17. The first kappa shape index (κ1) is 13.0. The van der Waals surface area contributed by atoms with E-state index in [0.29, 0.717) is 11.4 Å². The fraction of sp³-hybridized carbons (Fsp3) is 0.462. The summed E-state index contributed by atoms with van der Waals surface area (Å²) in [6.45, 7) is 8.04. The van der Waals surface area contributed by atoms with Crippen molar-refractivity contribution in [3.05, 3.63) is 28.8 Å². The van der Waals surface area contributed by atoms with Crippen molar-refractivity contribution < 1.29 is 4.79 Å². The van der Waals surface area contributed by atoms with Gasteiger partial charge in [0.1, 0.15) is 0 Å². The molecule has 1 N–H and O–H groups in total. The van der Waals surface area contributed by atoms with Crippen molar-refractivity contribution in [1.82, 2.24) is 0 Å². The van der Waals surface area contributed by atoms with Crippen LogP contribution < -0.4 is 5.32 Å². The molecule has 0 heterocycles. The van der Waals surface area contributed by atoms with Crippen LogP contribution in [0.2, 0.25) is 5.02 Å². The first-order chi connectivity index (χ1) is 7.28. The normalized spacial score (nSPS) is 11.3. The number of carbonyl (C=O) groups excluding carboxylic acids is 1.